The molecule has 2 rings (SSSR count). The number of carbonyl (C=O) groups is 2. The van der Waals surface area contributed by atoms with Crippen molar-refractivity contribution in [1.29, 1.82) is 0 Å². The maximum absolute atomic E-state index is 13.7. The Morgan fingerprint density at radius 3 is 2.89 bits per heavy atom. The quantitative estimate of drug-likeness (QED) is 0.611. The zero-order chi connectivity index (χ0) is 13.3. The van der Waals surface area contributed by atoms with Crippen molar-refractivity contribution >= 4 is 29.2 Å². The Labute approximate surface area is 108 Å². The molecule has 4 nitrogen and oxygen atoms in total. The van der Waals surface area contributed by atoms with Crippen LogP contribution in [0.5, 0.6) is 0 Å². The number of hydrogen-bond acceptors (Lipinski definition) is 3. The zero-order valence-electron chi connectivity index (χ0n) is 9.65. The van der Waals surface area contributed by atoms with Gasteiger partial charge in [-0.2, -0.15) is 0 Å². The van der Waals surface area contributed by atoms with Gasteiger partial charge in [0.15, 0.2) is 0 Å². The molecule has 1 amide bonds. The van der Waals surface area contributed by atoms with Gasteiger partial charge in [-0.3, -0.25) is 9.59 Å². The SMILES string of the molecule is COC(=O)C1CCN(c2ccc(Cl)cc2F)C1=O. The molecule has 0 saturated carbocycles. The number of halogens is 2. The Kier molecular flexibility index (Phi) is 3.52. The van der Waals surface area contributed by atoms with Crippen LogP contribution in [0.25, 0.3) is 0 Å². The van der Waals surface area contributed by atoms with Crippen LogP contribution in [0.1, 0.15) is 6.42 Å². The molecule has 1 heterocycles. The number of amides is 1. The first-order chi connectivity index (χ1) is 8.54. The van der Waals surface area contributed by atoms with Gasteiger partial charge in [0.05, 0.1) is 12.8 Å². The summed E-state index contributed by atoms with van der Waals surface area (Å²) in [6.45, 7) is 0.289. The summed E-state index contributed by atoms with van der Waals surface area (Å²) in [7, 11) is 1.22. The molecule has 0 aromatic heterocycles. The Morgan fingerprint density at radius 1 is 1.56 bits per heavy atom. The van der Waals surface area contributed by atoms with Gasteiger partial charge >= 0.3 is 5.97 Å². The summed E-state index contributed by atoms with van der Waals surface area (Å²) < 4.78 is 18.2. The highest BCUT2D eigenvalue weighted by atomic mass is 35.5. The van der Waals surface area contributed by atoms with Crippen LogP contribution in [0.4, 0.5) is 10.1 Å². The highest BCUT2D eigenvalue weighted by Gasteiger charge is 2.39. The minimum atomic E-state index is -0.843. The molecule has 1 saturated heterocycles. The number of hydrogen-bond donors (Lipinski definition) is 0. The fourth-order valence-corrected chi connectivity index (χ4v) is 2.14. The first kappa shape index (κ1) is 12.8. The van der Waals surface area contributed by atoms with Gasteiger partial charge in [0.1, 0.15) is 11.7 Å². The number of carbonyl (C=O) groups excluding carboxylic acids is 2. The zero-order valence-corrected chi connectivity index (χ0v) is 10.4. The number of methoxy groups -OCH3 is 1. The number of esters is 1. The van der Waals surface area contributed by atoms with Crippen LogP contribution < -0.4 is 4.90 Å². The third kappa shape index (κ3) is 2.18. The Bertz CT molecular complexity index is 506. The lowest BCUT2D eigenvalue weighted by Crippen LogP contribution is -2.31. The molecule has 0 N–H and O–H groups in total. The first-order valence-corrected chi connectivity index (χ1v) is 5.76. The van der Waals surface area contributed by atoms with Crippen molar-refractivity contribution < 1.29 is 18.7 Å². The maximum atomic E-state index is 13.7. The minimum Gasteiger partial charge on any atom is -0.468 e. The van der Waals surface area contributed by atoms with Crippen LogP contribution in [0, 0.1) is 11.7 Å². The molecule has 18 heavy (non-hydrogen) atoms. The van der Waals surface area contributed by atoms with E-state index in [4.69, 9.17) is 11.6 Å². The van der Waals surface area contributed by atoms with E-state index < -0.39 is 23.6 Å². The first-order valence-electron chi connectivity index (χ1n) is 5.39. The van der Waals surface area contributed by atoms with E-state index in [1.807, 2.05) is 0 Å². The monoisotopic (exact) mass is 271 g/mol. The largest absolute Gasteiger partial charge is 0.468 e. The van der Waals surface area contributed by atoms with Crippen LogP contribution in [0.2, 0.25) is 5.02 Å². The molecule has 1 aromatic rings. The van der Waals surface area contributed by atoms with E-state index in [-0.39, 0.29) is 17.3 Å². The summed E-state index contributed by atoms with van der Waals surface area (Å²) in [5.74, 6) is -2.45. The topological polar surface area (TPSA) is 46.6 Å². The van der Waals surface area contributed by atoms with Crippen molar-refractivity contribution in [3.05, 3.63) is 29.0 Å². The van der Waals surface area contributed by atoms with Crippen molar-refractivity contribution in [3.8, 4) is 0 Å². The third-order valence-corrected chi connectivity index (χ3v) is 3.13. The molecule has 1 aliphatic heterocycles. The van der Waals surface area contributed by atoms with Gasteiger partial charge in [-0.1, -0.05) is 11.6 Å². The molecule has 0 aliphatic carbocycles. The van der Waals surface area contributed by atoms with E-state index in [1.54, 1.807) is 0 Å². The van der Waals surface area contributed by atoms with Crippen LogP contribution in [0.3, 0.4) is 0 Å². The molecule has 0 bridgehead atoms. The normalized spacial score (nSPS) is 19.2. The summed E-state index contributed by atoms with van der Waals surface area (Å²) in [6.07, 6.45) is 0.327. The van der Waals surface area contributed by atoms with Gasteiger partial charge in [0.2, 0.25) is 5.91 Å². The highest BCUT2D eigenvalue weighted by molar-refractivity contribution is 6.30. The predicted octanol–water partition coefficient (Wildman–Crippen LogP) is 2.00. The highest BCUT2D eigenvalue weighted by Crippen LogP contribution is 2.29. The number of ether oxygens (including phenoxy) is 1. The smallest absolute Gasteiger partial charge is 0.318 e. The van der Waals surface area contributed by atoms with Crippen molar-refractivity contribution in [2.75, 3.05) is 18.6 Å². The molecule has 0 spiro atoms. The van der Waals surface area contributed by atoms with E-state index in [0.717, 1.165) is 6.07 Å². The molecule has 1 aromatic carbocycles. The second-order valence-electron chi connectivity index (χ2n) is 3.95. The van der Waals surface area contributed by atoms with Gasteiger partial charge in [-0.05, 0) is 24.6 Å². The van der Waals surface area contributed by atoms with E-state index in [9.17, 15) is 14.0 Å². The Balaban J connectivity index is 2.26. The summed E-state index contributed by atoms with van der Waals surface area (Å²) >= 11 is 5.64. The molecule has 1 aliphatic rings. The van der Waals surface area contributed by atoms with E-state index >= 15 is 0 Å². The number of anilines is 1. The van der Waals surface area contributed by atoms with E-state index in [2.05, 4.69) is 4.74 Å². The molecule has 1 unspecified atom stereocenters. The Hall–Kier alpha value is -1.62. The second kappa shape index (κ2) is 4.94. The van der Waals surface area contributed by atoms with Crippen molar-refractivity contribution in [3.63, 3.8) is 0 Å². The molecule has 1 atom stereocenters. The number of rotatable bonds is 2. The molecule has 6 heteroatoms. The van der Waals surface area contributed by atoms with Gasteiger partial charge in [-0.25, -0.2) is 4.39 Å². The van der Waals surface area contributed by atoms with Crippen LogP contribution in [-0.2, 0) is 14.3 Å². The number of benzene rings is 1. The number of nitrogens with zero attached hydrogens (tertiary/aromatic N) is 1. The van der Waals surface area contributed by atoms with Gasteiger partial charge < -0.3 is 9.64 Å². The Morgan fingerprint density at radius 2 is 2.28 bits per heavy atom. The average molecular weight is 272 g/mol. The summed E-state index contributed by atoms with van der Waals surface area (Å²) in [6, 6.07) is 4.06. The lowest BCUT2D eigenvalue weighted by atomic mass is 10.1. The van der Waals surface area contributed by atoms with Gasteiger partial charge in [-0.15, -0.1) is 0 Å². The van der Waals surface area contributed by atoms with Gasteiger partial charge in [0, 0.05) is 11.6 Å². The molecule has 1 fully saturated rings. The van der Waals surface area contributed by atoms with E-state index in [0.29, 0.717) is 6.42 Å². The summed E-state index contributed by atoms with van der Waals surface area (Å²) in [4.78, 5) is 24.6. The molecular formula is C12H11ClFNO3. The van der Waals surface area contributed by atoms with E-state index in [1.165, 1.54) is 24.1 Å². The third-order valence-electron chi connectivity index (χ3n) is 2.89. The molecule has 0 radical (unpaired) electrons. The predicted molar refractivity (Wildman–Crippen MR) is 63.9 cm³/mol. The second-order valence-corrected chi connectivity index (χ2v) is 4.39. The van der Waals surface area contributed by atoms with Gasteiger partial charge in [0.25, 0.3) is 0 Å². The average Bonchev–Trinajstić information content (AvgIpc) is 2.70. The van der Waals surface area contributed by atoms with Crippen molar-refractivity contribution in [2.45, 2.75) is 6.42 Å². The lowest BCUT2D eigenvalue weighted by molar-refractivity contribution is -0.148. The lowest BCUT2D eigenvalue weighted by Gasteiger charge is -2.17. The molecule has 96 valence electrons. The fraction of sp³-hybridized carbons (Fsp3) is 0.333. The van der Waals surface area contributed by atoms with Crippen molar-refractivity contribution in [1.82, 2.24) is 0 Å². The van der Waals surface area contributed by atoms with Crippen molar-refractivity contribution in [2.24, 2.45) is 5.92 Å². The van der Waals surface area contributed by atoms with Crippen LogP contribution in [0.15, 0.2) is 18.2 Å². The summed E-state index contributed by atoms with van der Waals surface area (Å²) in [5, 5.41) is 0.257. The maximum Gasteiger partial charge on any atom is 0.318 e. The van der Waals surface area contributed by atoms with Crippen LogP contribution in [-0.4, -0.2) is 25.5 Å². The minimum absolute atomic E-state index is 0.135. The molecular weight excluding hydrogens is 261 g/mol. The van der Waals surface area contributed by atoms with Crippen LogP contribution >= 0.6 is 11.6 Å². The fourth-order valence-electron chi connectivity index (χ4n) is 1.98. The standard InChI is InChI=1S/C12H11ClFNO3/c1-18-12(17)8-4-5-15(11(8)16)10-3-2-7(13)6-9(10)14/h2-3,6,8H,4-5H2,1H3. The summed E-state index contributed by atoms with van der Waals surface area (Å²) in [5.41, 5.74) is 0.135.